The number of rotatable bonds is 8. The first-order valence-electron chi connectivity index (χ1n) is 12.0. The van der Waals surface area contributed by atoms with Crippen LogP contribution >= 0.6 is 0 Å². The minimum absolute atomic E-state index is 0.0583. The van der Waals surface area contributed by atoms with E-state index in [-0.39, 0.29) is 23.3 Å². The first-order chi connectivity index (χ1) is 17.4. The fraction of sp³-hybridized carbons (Fsp3) is 0.321. The number of anilines is 2. The smallest absolute Gasteiger partial charge is 0.337 e. The lowest BCUT2D eigenvalue weighted by Gasteiger charge is -2.32. The van der Waals surface area contributed by atoms with Gasteiger partial charge in [-0.15, -0.1) is 0 Å². The van der Waals surface area contributed by atoms with Crippen LogP contribution < -0.4 is 15.1 Å². The number of ether oxygens (including phenoxy) is 1. The van der Waals surface area contributed by atoms with Crippen molar-refractivity contribution in [2.45, 2.75) is 37.8 Å². The van der Waals surface area contributed by atoms with Crippen molar-refractivity contribution in [1.29, 1.82) is 0 Å². The normalized spacial score (nSPS) is 14.2. The molecule has 4 rings (SSSR count). The first-order valence-corrected chi connectivity index (χ1v) is 12.0. The quantitative estimate of drug-likeness (QED) is 0.466. The zero-order valence-electron chi connectivity index (χ0n) is 20.8. The molecule has 1 aliphatic rings. The first kappa shape index (κ1) is 25.0. The fourth-order valence-electron chi connectivity index (χ4n) is 4.53. The standard InChI is InChI=1S/C28H31N3O5/c1-30(2)22-15-13-19(14-16-22)25(26(32)29-21-9-4-5-10-21)31(27(33)24-12-7-17-36-24)23-11-6-8-20(18-23)28(34)35-3/h6-8,11-18,21,25H,4-5,9-10H2,1-3H3,(H,29,32)/t25-/m0/s1. The number of hydrogen-bond acceptors (Lipinski definition) is 6. The summed E-state index contributed by atoms with van der Waals surface area (Å²) in [5.74, 6) is -1.24. The van der Waals surface area contributed by atoms with Crippen molar-refractivity contribution in [3.8, 4) is 0 Å². The van der Waals surface area contributed by atoms with Gasteiger partial charge in [0.15, 0.2) is 5.76 Å². The molecule has 188 valence electrons. The summed E-state index contributed by atoms with van der Waals surface area (Å²) in [4.78, 5) is 43.3. The number of hydrogen-bond donors (Lipinski definition) is 1. The number of nitrogens with one attached hydrogen (secondary N) is 1. The highest BCUT2D eigenvalue weighted by molar-refractivity contribution is 6.09. The molecule has 0 spiro atoms. The summed E-state index contributed by atoms with van der Waals surface area (Å²) < 4.78 is 10.3. The van der Waals surface area contributed by atoms with E-state index < -0.39 is 17.9 Å². The van der Waals surface area contributed by atoms with Crippen LogP contribution in [-0.2, 0) is 9.53 Å². The minimum Gasteiger partial charge on any atom is -0.465 e. The largest absolute Gasteiger partial charge is 0.465 e. The van der Waals surface area contributed by atoms with Gasteiger partial charge in [-0.1, -0.05) is 31.0 Å². The predicted octanol–water partition coefficient (Wildman–Crippen LogP) is 4.58. The number of methoxy groups -OCH3 is 1. The lowest BCUT2D eigenvalue weighted by Crippen LogP contribution is -2.46. The van der Waals surface area contributed by atoms with Crippen molar-refractivity contribution in [3.63, 3.8) is 0 Å². The van der Waals surface area contributed by atoms with Crippen LogP contribution in [-0.4, -0.2) is 45.0 Å². The van der Waals surface area contributed by atoms with Crippen LogP contribution in [0.5, 0.6) is 0 Å². The van der Waals surface area contributed by atoms with Gasteiger partial charge < -0.3 is 19.4 Å². The number of nitrogens with zero attached hydrogens (tertiary/aromatic N) is 2. The van der Waals surface area contributed by atoms with E-state index in [1.165, 1.54) is 18.3 Å². The summed E-state index contributed by atoms with van der Waals surface area (Å²) in [5, 5.41) is 3.15. The van der Waals surface area contributed by atoms with Gasteiger partial charge in [-0.3, -0.25) is 14.5 Å². The summed E-state index contributed by atoms with van der Waals surface area (Å²) in [7, 11) is 5.17. The Morgan fingerprint density at radius 1 is 0.972 bits per heavy atom. The van der Waals surface area contributed by atoms with Gasteiger partial charge in [0.1, 0.15) is 6.04 Å². The second-order valence-corrected chi connectivity index (χ2v) is 9.07. The SMILES string of the molecule is COC(=O)c1cccc(N(C(=O)c2ccco2)[C@H](C(=O)NC2CCCC2)c2ccc(N(C)C)cc2)c1. The highest BCUT2D eigenvalue weighted by Gasteiger charge is 2.36. The molecular weight excluding hydrogens is 458 g/mol. The predicted molar refractivity (Wildman–Crippen MR) is 137 cm³/mol. The van der Waals surface area contributed by atoms with Gasteiger partial charge in [0.05, 0.1) is 18.9 Å². The highest BCUT2D eigenvalue weighted by Crippen LogP contribution is 2.32. The van der Waals surface area contributed by atoms with Crippen molar-refractivity contribution in [1.82, 2.24) is 5.32 Å². The van der Waals surface area contributed by atoms with Gasteiger partial charge in [-0.2, -0.15) is 0 Å². The van der Waals surface area contributed by atoms with Crippen molar-refractivity contribution >= 4 is 29.2 Å². The number of amides is 2. The third-order valence-electron chi connectivity index (χ3n) is 6.43. The fourth-order valence-corrected chi connectivity index (χ4v) is 4.53. The van der Waals surface area contributed by atoms with Crippen LogP contribution in [0.2, 0.25) is 0 Å². The molecule has 8 nitrogen and oxygen atoms in total. The summed E-state index contributed by atoms with van der Waals surface area (Å²) in [5.41, 5.74) is 2.25. The monoisotopic (exact) mass is 489 g/mol. The molecule has 1 aromatic heterocycles. The molecule has 8 heteroatoms. The van der Waals surface area contributed by atoms with E-state index in [0.717, 1.165) is 31.4 Å². The lowest BCUT2D eigenvalue weighted by atomic mass is 10.0. The van der Waals surface area contributed by atoms with Crippen LogP contribution in [0, 0.1) is 0 Å². The second kappa shape index (κ2) is 11.1. The number of carbonyl (C=O) groups is 3. The second-order valence-electron chi connectivity index (χ2n) is 9.07. The van der Waals surface area contributed by atoms with E-state index in [4.69, 9.17) is 9.15 Å². The van der Waals surface area contributed by atoms with Gasteiger partial charge in [0.25, 0.3) is 5.91 Å². The van der Waals surface area contributed by atoms with E-state index in [1.807, 2.05) is 43.3 Å². The maximum atomic E-state index is 13.8. The Balaban J connectivity index is 1.83. The molecule has 1 aliphatic carbocycles. The zero-order chi connectivity index (χ0) is 25.7. The molecule has 36 heavy (non-hydrogen) atoms. The molecule has 1 atom stereocenters. The van der Waals surface area contributed by atoms with Gasteiger partial charge in [0.2, 0.25) is 5.91 Å². The van der Waals surface area contributed by atoms with Crippen molar-refractivity contribution in [2.75, 3.05) is 31.0 Å². The Kier molecular flexibility index (Phi) is 7.73. The van der Waals surface area contributed by atoms with E-state index in [9.17, 15) is 14.4 Å². The molecule has 3 aromatic rings. The number of esters is 1. The molecule has 1 N–H and O–H groups in total. The minimum atomic E-state index is -0.993. The van der Waals surface area contributed by atoms with Crippen LogP contribution in [0.25, 0.3) is 0 Å². The van der Waals surface area contributed by atoms with E-state index >= 15 is 0 Å². The topological polar surface area (TPSA) is 92.1 Å². The molecule has 0 aliphatic heterocycles. The average Bonchev–Trinajstić information content (AvgIpc) is 3.61. The van der Waals surface area contributed by atoms with Gasteiger partial charge in [-0.05, 0) is 60.9 Å². The number of benzene rings is 2. The Bertz CT molecular complexity index is 1200. The maximum absolute atomic E-state index is 13.8. The van der Waals surface area contributed by atoms with E-state index in [0.29, 0.717) is 11.3 Å². The van der Waals surface area contributed by atoms with Crippen molar-refractivity contribution in [3.05, 3.63) is 83.8 Å². The molecule has 0 unspecified atom stereocenters. The van der Waals surface area contributed by atoms with Gasteiger partial charge in [0, 0.05) is 31.5 Å². The van der Waals surface area contributed by atoms with Crippen molar-refractivity contribution in [2.24, 2.45) is 0 Å². The molecule has 2 aromatic carbocycles. The van der Waals surface area contributed by atoms with Crippen LogP contribution in [0.1, 0.15) is 58.2 Å². The zero-order valence-corrected chi connectivity index (χ0v) is 20.8. The molecule has 0 bridgehead atoms. The third-order valence-corrected chi connectivity index (χ3v) is 6.43. The Hall–Kier alpha value is -4.07. The third kappa shape index (κ3) is 5.43. The van der Waals surface area contributed by atoms with Crippen LogP contribution in [0.4, 0.5) is 11.4 Å². The number of carbonyl (C=O) groups excluding carboxylic acids is 3. The number of furan rings is 1. The molecule has 1 fully saturated rings. The Labute approximate surface area is 210 Å². The summed E-state index contributed by atoms with van der Waals surface area (Å²) in [6.45, 7) is 0. The van der Waals surface area contributed by atoms with E-state index in [1.54, 1.807) is 36.4 Å². The molecule has 2 amide bonds. The van der Waals surface area contributed by atoms with Crippen LogP contribution in [0.15, 0.2) is 71.3 Å². The summed E-state index contributed by atoms with van der Waals surface area (Å²) in [6, 6.07) is 16.3. The molecular formula is C28H31N3O5. The average molecular weight is 490 g/mol. The summed E-state index contributed by atoms with van der Waals surface area (Å²) >= 11 is 0. The van der Waals surface area contributed by atoms with Gasteiger partial charge in [-0.25, -0.2) is 4.79 Å². The molecule has 1 heterocycles. The molecule has 0 saturated heterocycles. The molecule has 1 saturated carbocycles. The van der Waals surface area contributed by atoms with Crippen molar-refractivity contribution < 1.29 is 23.5 Å². The molecule has 0 radical (unpaired) electrons. The lowest BCUT2D eigenvalue weighted by molar-refractivity contribution is -0.123. The Morgan fingerprint density at radius 3 is 2.31 bits per heavy atom. The van der Waals surface area contributed by atoms with Gasteiger partial charge >= 0.3 is 5.97 Å². The Morgan fingerprint density at radius 2 is 1.69 bits per heavy atom. The highest BCUT2D eigenvalue weighted by atomic mass is 16.5. The maximum Gasteiger partial charge on any atom is 0.337 e. The summed E-state index contributed by atoms with van der Waals surface area (Å²) in [6.07, 6.45) is 5.34. The van der Waals surface area contributed by atoms with Crippen LogP contribution in [0.3, 0.4) is 0 Å². The van der Waals surface area contributed by atoms with E-state index in [2.05, 4.69) is 5.32 Å².